The molecule has 1 aromatic heterocycles. The van der Waals surface area contributed by atoms with Crippen molar-refractivity contribution in [1.82, 2.24) is 9.78 Å². The zero-order valence-electron chi connectivity index (χ0n) is 8.46. The first-order valence-electron chi connectivity index (χ1n) is 4.65. The molecule has 1 unspecified atom stereocenters. The van der Waals surface area contributed by atoms with Gasteiger partial charge in [-0.05, 0) is 24.8 Å². The molecular weight excluding hydrogens is 148 g/mol. The Kier molecular flexibility index (Phi) is 2.90. The van der Waals surface area contributed by atoms with Crippen LogP contribution < -0.4 is 0 Å². The Hall–Kier alpha value is -0.790. The molecule has 1 aromatic rings. The first-order valence-corrected chi connectivity index (χ1v) is 4.65. The van der Waals surface area contributed by atoms with Gasteiger partial charge in [-0.25, -0.2) is 0 Å². The fourth-order valence-corrected chi connectivity index (χ4v) is 1.69. The van der Waals surface area contributed by atoms with Crippen molar-refractivity contribution in [3.63, 3.8) is 0 Å². The minimum atomic E-state index is 0.656. The summed E-state index contributed by atoms with van der Waals surface area (Å²) in [6, 6.07) is 0. The highest BCUT2D eigenvalue weighted by molar-refractivity contribution is 5.19. The summed E-state index contributed by atoms with van der Waals surface area (Å²) in [6.45, 7) is 6.58. The molecule has 0 bridgehead atoms. The van der Waals surface area contributed by atoms with Gasteiger partial charge in [-0.1, -0.05) is 20.3 Å². The molecule has 1 heterocycles. The van der Waals surface area contributed by atoms with Gasteiger partial charge in [-0.2, -0.15) is 5.10 Å². The number of hydrogen-bond donors (Lipinski definition) is 0. The highest BCUT2D eigenvalue weighted by Crippen LogP contribution is 2.22. The second-order valence-electron chi connectivity index (χ2n) is 3.53. The lowest BCUT2D eigenvalue weighted by Crippen LogP contribution is -1.92. The van der Waals surface area contributed by atoms with Crippen LogP contribution in [0, 0.1) is 6.92 Å². The number of nitrogens with zero attached hydrogens (tertiary/aromatic N) is 2. The monoisotopic (exact) mass is 166 g/mol. The Balaban J connectivity index is 2.79. The molecule has 0 aromatic carbocycles. The Labute approximate surface area is 74.6 Å². The highest BCUT2D eigenvalue weighted by atomic mass is 15.2. The van der Waals surface area contributed by atoms with E-state index in [1.54, 1.807) is 0 Å². The molecule has 0 radical (unpaired) electrons. The molecule has 0 saturated heterocycles. The van der Waals surface area contributed by atoms with Crippen LogP contribution in [0.2, 0.25) is 0 Å². The number of aromatic nitrogens is 2. The summed E-state index contributed by atoms with van der Waals surface area (Å²) in [4.78, 5) is 0. The Bertz CT molecular complexity index is 250. The SMILES string of the molecule is CCCC(C)c1cn(C)nc1C. The standard InChI is InChI=1S/C10H18N2/c1-5-6-8(2)10-7-12(4)11-9(10)3/h7-8H,5-6H2,1-4H3. The van der Waals surface area contributed by atoms with Crippen LogP contribution in [0.4, 0.5) is 0 Å². The lowest BCUT2D eigenvalue weighted by Gasteiger charge is -2.07. The Morgan fingerprint density at radius 2 is 2.25 bits per heavy atom. The Morgan fingerprint density at radius 3 is 2.67 bits per heavy atom. The van der Waals surface area contributed by atoms with Crippen molar-refractivity contribution in [2.75, 3.05) is 0 Å². The molecule has 0 aliphatic rings. The normalized spacial score (nSPS) is 13.3. The first-order chi connectivity index (χ1) is 5.65. The topological polar surface area (TPSA) is 17.8 Å². The van der Waals surface area contributed by atoms with Crippen molar-refractivity contribution < 1.29 is 0 Å². The summed E-state index contributed by atoms with van der Waals surface area (Å²) < 4.78 is 1.90. The fraction of sp³-hybridized carbons (Fsp3) is 0.700. The van der Waals surface area contributed by atoms with Crippen LogP contribution in [0.15, 0.2) is 6.20 Å². The van der Waals surface area contributed by atoms with E-state index < -0.39 is 0 Å². The van der Waals surface area contributed by atoms with E-state index >= 15 is 0 Å². The second kappa shape index (κ2) is 3.74. The maximum atomic E-state index is 4.33. The third-order valence-corrected chi connectivity index (χ3v) is 2.30. The molecule has 0 aliphatic heterocycles. The van der Waals surface area contributed by atoms with Gasteiger partial charge in [0, 0.05) is 13.2 Å². The van der Waals surface area contributed by atoms with Gasteiger partial charge in [0.1, 0.15) is 0 Å². The van der Waals surface area contributed by atoms with Crippen molar-refractivity contribution in [2.24, 2.45) is 7.05 Å². The van der Waals surface area contributed by atoms with Crippen molar-refractivity contribution in [3.05, 3.63) is 17.5 Å². The lowest BCUT2D eigenvalue weighted by molar-refractivity contribution is 0.661. The van der Waals surface area contributed by atoms with E-state index in [1.165, 1.54) is 24.1 Å². The van der Waals surface area contributed by atoms with Crippen LogP contribution in [-0.2, 0) is 7.05 Å². The van der Waals surface area contributed by atoms with Gasteiger partial charge in [0.25, 0.3) is 0 Å². The van der Waals surface area contributed by atoms with Gasteiger partial charge >= 0.3 is 0 Å². The molecule has 2 nitrogen and oxygen atoms in total. The molecule has 0 aliphatic carbocycles. The molecular formula is C10H18N2. The summed E-state index contributed by atoms with van der Waals surface area (Å²) >= 11 is 0. The molecule has 1 atom stereocenters. The van der Waals surface area contributed by atoms with E-state index in [1.807, 2.05) is 11.7 Å². The molecule has 68 valence electrons. The van der Waals surface area contributed by atoms with Crippen LogP contribution in [0.1, 0.15) is 43.9 Å². The number of hydrogen-bond acceptors (Lipinski definition) is 1. The number of rotatable bonds is 3. The maximum absolute atomic E-state index is 4.33. The van der Waals surface area contributed by atoms with E-state index in [2.05, 4.69) is 32.1 Å². The average Bonchev–Trinajstić information content (AvgIpc) is 2.30. The molecule has 12 heavy (non-hydrogen) atoms. The fourth-order valence-electron chi connectivity index (χ4n) is 1.69. The number of aryl methyl sites for hydroxylation is 2. The quantitative estimate of drug-likeness (QED) is 0.675. The minimum absolute atomic E-state index is 0.656. The predicted octanol–water partition coefficient (Wildman–Crippen LogP) is 2.63. The molecule has 1 rings (SSSR count). The zero-order chi connectivity index (χ0) is 9.14. The molecule has 2 heteroatoms. The van der Waals surface area contributed by atoms with E-state index in [9.17, 15) is 0 Å². The molecule has 0 amide bonds. The van der Waals surface area contributed by atoms with Crippen LogP contribution in [0.3, 0.4) is 0 Å². The lowest BCUT2D eigenvalue weighted by atomic mass is 9.98. The summed E-state index contributed by atoms with van der Waals surface area (Å²) in [7, 11) is 1.98. The minimum Gasteiger partial charge on any atom is -0.275 e. The van der Waals surface area contributed by atoms with E-state index in [0.29, 0.717) is 5.92 Å². The van der Waals surface area contributed by atoms with Crippen molar-refractivity contribution in [1.29, 1.82) is 0 Å². The third kappa shape index (κ3) is 1.87. The van der Waals surface area contributed by atoms with Gasteiger partial charge in [-0.15, -0.1) is 0 Å². The van der Waals surface area contributed by atoms with Gasteiger partial charge < -0.3 is 0 Å². The van der Waals surface area contributed by atoms with Crippen LogP contribution >= 0.6 is 0 Å². The van der Waals surface area contributed by atoms with Gasteiger partial charge in [0.15, 0.2) is 0 Å². The van der Waals surface area contributed by atoms with Gasteiger partial charge in [-0.3, -0.25) is 4.68 Å². The van der Waals surface area contributed by atoms with Crippen molar-refractivity contribution in [3.8, 4) is 0 Å². The van der Waals surface area contributed by atoms with Gasteiger partial charge in [0.2, 0.25) is 0 Å². The Morgan fingerprint density at radius 1 is 1.58 bits per heavy atom. The largest absolute Gasteiger partial charge is 0.275 e. The van der Waals surface area contributed by atoms with Gasteiger partial charge in [0.05, 0.1) is 5.69 Å². The predicted molar refractivity (Wildman–Crippen MR) is 51.3 cm³/mol. The first kappa shape index (κ1) is 9.30. The average molecular weight is 166 g/mol. The molecule has 0 saturated carbocycles. The summed E-state index contributed by atoms with van der Waals surface area (Å²) in [5, 5.41) is 4.33. The smallest absolute Gasteiger partial charge is 0.0628 e. The second-order valence-corrected chi connectivity index (χ2v) is 3.53. The van der Waals surface area contributed by atoms with Crippen molar-refractivity contribution >= 4 is 0 Å². The van der Waals surface area contributed by atoms with Crippen molar-refractivity contribution in [2.45, 2.75) is 39.5 Å². The van der Waals surface area contributed by atoms with Crippen LogP contribution in [0.25, 0.3) is 0 Å². The molecule has 0 fully saturated rings. The zero-order valence-corrected chi connectivity index (χ0v) is 8.46. The highest BCUT2D eigenvalue weighted by Gasteiger charge is 2.09. The molecule has 0 spiro atoms. The third-order valence-electron chi connectivity index (χ3n) is 2.30. The van der Waals surface area contributed by atoms with E-state index in [0.717, 1.165) is 0 Å². The summed E-state index contributed by atoms with van der Waals surface area (Å²) in [5.41, 5.74) is 2.58. The summed E-state index contributed by atoms with van der Waals surface area (Å²) in [6.07, 6.45) is 4.64. The van der Waals surface area contributed by atoms with E-state index in [4.69, 9.17) is 0 Å². The molecule has 0 N–H and O–H groups in total. The maximum Gasteiger partial charge on any atom is 0.0628 e. The van der Waals surface area contributed by atoms with E-state index in [-0.39, 0.29) is 0 Å². The van der Waals surface area contributed by atoms with Crippen LogP contribution in [-0.4, -0.2) is 9.78 Å². The van der Waals surface area contributed by atoms with Crippen LogP contribution in [0.5, 0.6) is 0 Å². The summed E-state index contributed by atoms with van der Waals surface area (Å²) in [5.74, 6) is 0.656.